The summed E-state index contributed by atoms with van der Waals surface area (Å²) in [5.41, 5.74) is 1.93. The monoisotopic (exact) mass is 497 g/mol. The van der Waals surface area contributed by atoms with Gasteiger partial charge in [-0.25, -0.2) is 0 Å². The fraction of sp³-hybridized carbons (Fsp3) is 0.192. The van der Waals surface area contributed by atoms with Gasteiger partial charge in [0.25, 0.3) is 0 Å². The summed E-state index contributed by atoms with van der Waals surface area (Å²) in [6.45, 7) is 0.125. The number of nitrogens with zero attached hydrogens (tertiary/aromatic N) is 1. The molecule has 0 aromatic heterocycles. The van der Waals surface area contributed by atoms with Gasteiger partial charge in [-0.2, -0.15) is 0 Å². The maximum atomic E-state index is 12.5. The van der Waals surface area contributed by atoms with Crippen molar-refractivity contribution in [3.8, 4) is 5.75 Å². The van der Waals surface area contributed by atoms with Crippen LogP contribution < -0.4 is 9.64 Å². The Morgan fingerprint density at radius 3 is 2.35 bits per heavy atom. The van der Waals surface area contributed by atoms with E-state index in [0.717, 1.165) is 5.56 Å². The molecule has 1 amide bonds. The molecule has 8 heteroatoms. The maximum absolute atomic E-state index is 12.5. The Balaban J connectivity index is 1.30. The van der Waals surface area contributed by atoms with Crippen molar-refractivity contribution >= 4 is 46.5 Å². The molecular formula is C26H21Cl2NO5. The van der Waals surface area contributed by atoms with Crippen LogP contribution in [0.1, 0.15) is 22.3 Å². The lowest BCUT2D eigenvalue weighted by molar-refractivity contribution is -0.147. The van der Waals surface area contributed by atoms with Gasteiger partial charge in [-0.1, -0.05) is 41.4 Å². The molecule has 0 radical (unpaired) electrons. The third-order valence-electron chi connectivity index (χ3n) is 5.47. The van der Waals surface area contributed by atoms with Gasteiger partial charge < -0.3 is 14.4 Å². The third kappa shape index (κ3) is 5.76. The van der Waals surface area contributed by atoms with Gasteiger partial charge in [0, 0.05) is 39.8 Å². The Bertz CT molecular complexity index is 1190. The number of amides is 1. The van der Waals surface area contributed by atoms with Crippen LogP contribution in [-0.4, -0.2) is 30.8 Å². The van der Waals surface area contributed by atoms with E-state index in [1.165, 1.54) is 4.90 Å². The highest BCUT2D eigenvalue weighted by Gasteiger charge is 2.36. The van der Waals surface area contributed by atoms with Crippen LogP contribution in [0.4, 0.5) is 5.69 Å². The van der Waals surface area contributed by atoms with Crippen molar-refractivity contribution in [3.05, 3.63) is 94.0 Å². The van der Waals surface area contributed by atoms with Crippen LogP contribution in [0.15, 0.2) is 72.8 Å². The quantitative estimate of drug-likeness (QED) is 0.309. The molecule has 34 heavy (non-hydrogen) atoms. The lowest BCUT2D eigenvalue weighted by Crippen LogP contribution is -2.27. The van der Waals surface area contributed by atoms with Gasteiger partial charge in [-0.3, -0.25) is 14.4 Å². The largest absolute Gasteiger partial charge is 0.489 e. The molecule has 0 bridgehead atoms. The zero-order chi connectivity index (χ0) is 24.1. The van der Waals surface area contributed by atoms with Crippen molar-refractivity contribution in [2.45, 2.75) is 13.0 Å². The van der Waals surface area contributed by atoms with E-state index < -0.39 is 11.9 Å². The molecular weight excluding hydrogens is 477 g/mol. The first kappa shape index (κ1) is 23.8. The van der Waals surface area contributed by atoms with Crippen molar-refractivity contribution in [2.24, 2.45) is 5.92 Å². The number of benzene rings is 3. The summed E-state index contributed by atoms with van der Waals surface area (Å²) in [6.07, 6.45) is 0.0265. The van der Waals surface area contributed by atoms with Crippen molar-refractivity contribution < 1.29 is 23.9 Å². The number of anilines is 1. The minimum absolute atomic E-state index is 0.0265. The van der Waals surface area contributed by atoms with Crippen LogP contribution in [0.2, 0.25) is 10.0 Å². The van der Waals surface area contributed by atoms with Gasteiger partial charge in [-0.05, 0) is 54.6 Å². The number of Topliss-reactive ketones (excluding diaryl/α,β-unsaturated/α-hetero) is 1. The van der Waals surface area contributed by atoms with Gasteiger partial charge >= 0.3 is 5.97 Å². The van der Waals surface area contributed by atoms with Crippen LogP contribution >= 0.6 is 23.2 Å². The van der Waals surface area contributed by atoms with E-state index in [-0.39, 0.29) is 31.3 Å². The van der Waals surface area contributed by atoms with Crippen molar-refractivity contribution in [1.29, 1.82) is 0 Å². The third-order valence-corrected chi connectivity index (χ3v) is 6.09. The highest BCUT2D eigenvalue weighted by molar-refractivity contribution is 6.31. The summed E-state index contributed by atoms with van der Waals surface area (Å²) >= 11 is 12.0. The zero-order valence-corrected chi connectivity index (χ0v) is 19.6. The Morgan fingerprint density at radius 1 is 0.941 bits per heavy atom. The number of rotatable bonds is 8. The van der Waals surface area contributed by atoms with Gasteiger partial charge in [-0.15, -0.1) is 0 Å². The molecule has 1 aliphatic rings. The minimum atomic E-state index is -0.637. The number of hydrogen-bond donors (Lipinski definition) is 0. The minimum Gasteiger partial charge on any atom is -0.489 e. The molecule has 1 atom stereocenters. The highest BCUT2D eigenvalue weighted by Crippen LogP contribution is 2.28. The second-order valence-corrected chi connectivity index (χ2v) is 8.66. The van der Waals surface area contributed by atoms with Crippen LogP contribution in [-0.2, 0) is 20.9 Å². The summed E-state index contributed by atoms with van der Waals surface area (Å²) in [5, 5.41) is 1.15. The first-order valence-corrected chi connectivity index (χ1v) is 11.4. The molecule has 4 rings (SSSR count). The highest BCUT2D eigenvalue weighted by atomic mass is 35.5. The number of esters is 1. The van der Waals surface area contributed by atoms with Gasteiger partial charge in [0.2, 0.25) is 5.91 Å². The fourth-order valence-electron chi connectivity index (χ4n) is 3.59. The summed E-state index contributed by atoms with van der Waals surface area (Å²) in [6, 6.07) is 20.8. The van der Waals surface area contributed by atoms with E-state index in [9.17, 15) is 14.4 Å². The summed E-state index contributed by atoms with van der Waals surface area (Å²) in [4.78, 5) is 38.7. The lowest BCUT2D eigenvalue weighted by Gasteiger charge is -2.17. The number of halogens is 2. The molecule has 174 valence electrons. The molecule has 0 N–H and O–H groups in total. The average Bonchev–Trinajstić information content (AvgIpc) is 3.24. The predicted octanol–water partition coefficient (Wildman–Crippen LogP) is 5.35. The molecule has 0 spiro atoms. The smallest absolute Gasteiger partial charge is 0.311 e. The molecule has 0 aliphatic carbocycles. The van der Waals surface area contributed by atoms with E-state index in [0.29, 0.717) is 33.7 Å². The van der Waals surface area contributed by atoms with Crippen LogP contribution in [0.25, 0.3) is 0 Å². The number of hydrogen-bond acceptors (Lipinski definition) is 5. The van der Waals surface area contributed by atoms with Gasteiger partial charge in [0.05, 0.1) is 5.92 Å². The van der Waals surface area contributed by atoms with E-state index in [1.54, 1.807) is 54.6 Å². The van der Waals surface area contributed by atoms with Crippen LogP contribution in [0.3, 0.4) is 0 Å². The second kappa shape index (κ2) is 10.7. The molecule has 1 saturated heterocycles. The number of carbonyl (C=O) groups is 3. The van der Waals surface area contributed by atoms with Crippen molar-refractivity contribution in [3.63, 3.8) is 0 Å². The SMILES string of the molecule is O=C(COC(=O)[C@@H]1CC(=O)N(c2ccc(OCc3ccccc3Cl)cc2)C1)c1ccc(Cl)cc1. The Morgan fingerprint density at radius 2 is 1.65 bits per heavy atom. The molecule has 3 aromatic carbocycles. The fourth-order valence-corrected chi connectivity index (χ4v) is 3.90. The number of ether oxygens (including phenoxy) is 2. The van der Waals surface area contributed by atoms with Gasteiger partial charge in [0.1, 0.15) is 12.4 Å². The normalized spacial score (nSPS) is 15.3. The maximum Gasteiger partial charge on any atom is 0.311 e. The molecule has 1 heterocycles. The molecule has 1 aliphatic heterocycles. The summed E-state index contributed by atoms with van der Waals surface area (Å²) in [5.74, 6) is -1.10. The van der Waals surface area contributed by atoms with Gasteiger partial charge in [0.15, 0.2) is 12.4 Å². The topological polar surface area (TPSA) is 72.9 Å². The summed E-state index contributed by atoms with van der Waals surface area (Å²) in [7, 11) is 0. The predicted molar refractivity (Wildman–Crippen MR) is 129 cm³/mol. The molecule has 6 nitrogen and oxygen atoms in total. The molecule has 3 aromatic rings. The lowest BCUT2D eigenvalue weighted by atomic mass is 10.1. The van der Waals surface area contributed by atoms with E-state index in [4.69, 9.17) is 32.7 Å². The molecule has 0 saturated carbocycles. The van der Waals surface area contributed by atoms with Crippen LogP contribution in [0.5, 0.6) is 5.75 Å². The average molecular weight is 498 g/mol. The van der Waals surface area contributed by atoms with E-state index >= 15 is 0 Å². The second-order valence-electron chi connectivity index (χ2n) is 7.82. The van der Waals surface area contributed by atoms with Crippen LogP contribution in [0, 0.1) is 5.92 Å². The molecule has 0 unspecified atom stereocenters. The van der Waals surface area contributed by atoms with Crippen molar-refractivity contribution in [2.75, 3.05) is 18.1 Å². The first-order valence-electron chi connectivity index (χ1n) is 10.6. The van der Waals surface area contributed by atoms with E-state index in [1.807, 2.05) is 18.2 Å². The Hall–Kier alpha value is -3.35. The van der Waals surface area contributed by atoms with E-state index in [2.05, 4.69) is 0 Å². The first-order chi connectivity index (χ1) is 16.4. The Labute approximate surface area is 207 Å². The Kier molecular flexibility index (Phi) is 7.50. The number of ketones is 1. The standard InChI is InChI=1S/C26H21Cl2NO5/c27-20-7-5-17(6-8-20)24(30)16-34-26(32)19-13-25(31)29(14-19)21-9-11-22(12-10-21)33-15-18-3-1-2-4-23(18)28/h1-12,19H,13-16H2/t19-/m1/s1. The van der Waals surface area contributed by atoms with Crippen molar-refractivity contribution in [1.82, 2.24) is 0 Å². The number of carbonyl (C=O) groups excluding carboxylic acids is 3. The summed E-state index contributed by atoms with van der Waals surface area (Å²) < 4.78 is 10.9. The molecule has 1 fully saturated rings. The zero-order valence-electron chi connectivity index (χ0n) is 18.1.